The van der Waals surface area contributed by atoms with Crippen LogP contribution in [0.2, 0.25) is 0 Å². The molecule has 0 unspecified atom stereocenters. The van der Waals surface area contributed by atoms with Gasteiger partial charge in [0.15, 0.2) is 0 Å². The van der Waals surface area contributed by atoms with Gasteiger partial charge in [0.25, 0.3) is 0 Å². The Bertz CT molecular complexity index is 553. The summed E-state index contributed by atoms with van der Waals surface area (Å²) in [7, 11) is 0. The largest absolute Gasteiger partial charge is 0.463 e. The number of hydrogen-bond donors (Lipinski definition) is 1. The summed E-state index contributed by atoms with van der Waals surface area (Å²) in [6.07, 6.45) is 3.36. The molecule has 0 aromatic carbocycles. The SMILES string of the molecule is CC(C)(C)OC(=O)N1Cc2oc(C3CCC3)c(CN)c2C1. The van der Waals surface area contributed by atoms with Gasteiger partial charge in [-0.15, -0.1) is 0 Å². The van der Waals surface area contributed by atoms with E-state index in [4.69, 9.17) is 14.9 Å². The molecule has 1 aliphatic heterocycles. The van der Waals surface area contributed by atoms with Crippen LogP contribution in [0.4, 0.5) is 4.79 Å². The molecule has 1 saturated carbocycles. The molecule has 1 aromatic heterocycles. The van der Waals surface area contributed by atoms with E-state index < -0.39 is 5.60 Å². The molecular weight excluding hydrogens is 268 g/mol. The minimum Gasteiger partial charge on any atom is -0.463 e. The van der Waals surface area contributed by atoms with Crippen LogP contribution in [-0.2, 0) is 24.4 Å². The van der Waals surface area contributed by atoms with E-state index in [-0.39, 0.29) is 6.09 Å². The van der Waals surface area contributed by atoms with Crippen molar-refractivity contribution in [3.63, 3.8) is 0 Å². The summed E-state index contributed by atoms with van der Waals surface area (Å²) in [6, 6.07) is 0. The third-order valence-electron chi connectivity index (χ3n) is 4.25. The van der Waals surface area contributed by atoms with Gasteiger partial charge in [-0.1, -0.05) is 6.42 Å². The predicted octanol–water partition coefficient (Wildman–Crippen LogP) is 3.26. The van der Waals surface area contributed by atoms with Gasteiger partial charge in [0.1, 0.15) is 17.1 Å². The number of hydrogen-bond acceptors (Lipinski definition) is 4. The number of amides is 1. The first-order valence-corrected chi connectivity index (χ1v) is 7.70. The van der Waals surface area contributed by atoms with Crippen LogP contribution in [0.1, 0.15) is 68.6 Å². The lowest BCUT2D eigenvalue weighted by Gasteiger charge is -2.26. The Hall–Kier alpha value is -1.49. The molecule has 0 atom stereocenters. The van der Waals surface area contributed by atoms with Crippen molar-refractivity contribution in [2.75, 3.05) is 0 Å². The molecule has 2 N–H and O–H groups in total. The van der Waals surface area contributed by atoms with E-state index in [1.807, 2.05) is 20.8 Å². The number of rotatable bonds is 2. The molecule has 1 amide bonds. The van der Waals surface area contributed by atoms with Crippen LogP contribution < -0.4 is 5.73 Å². The average Bonchev–Trinajstić information content (AvgIpc) is 2.81. The molecule has 5 heteroatoms. The molecule has 21 heavy (non-hydrogen) atoms. The molecule has 116 valence electrons. The minimum absolute atomic E-state index is 0.290. The number of fused-ring (bicyclic) bond motifs is 1. The van der Waals surface area contributed by atoms with E-state index in [1.165, 1.54) is 19.3 Å². The lowest BCUT2D eigenvalue weighted by Crippen LogP contribution is -2.33. The standard InChI is InChI=1S/C16H24N2O3/c1-16(2,3)21-15(19)18-8-12-11(7-17)14(10-5-4-6-10)20-13(12)9-18/h10H,4-9,17H2,1-3H3. The predicted molar refractivity (Wildman–Crippen MR) is 78.7 cm³/mol. The highest BCUT2D eigenvalue weighted by atomic mass is 16.6. The van der Waals surface area contributed by atoms with E-state index >= 15 is 0 Å². The van der Waals surface area contributed by atoms with Crippen molar-refractivity contribution in [2.45, 2.75) is 71.2 Å². The van der Waals surface area contributed by atoms with Gasteiger partial charge in [0.2, 0.25) is 0 Å². The fourth-order valence-corrected chi connectivity index (χ4v) is 2.98. The average molecular weight is 292 g/mol. The number of nitrogens with zero attached hydrogens (tertiary/aromatic N) is 1. The molecule has 5 nitrogen and oxygen atoms in total. The van der Waals surface area contributed by atoms with E-state index in [0.29, 0.717) is 25.6 Å². The maximum Gasteiger partial charge on any atom is 0.411 e. The molecule has 0 bridgehead atoms. The van der Waals surface area contributed by atoms with E-state index in [9.17, 15) is 4.79 Å². The number of nitrogens with two attached hydrogens (primary N) is 1. The summed E-state index contributed by atoms with van der Waals surface area (Å²) >= 11 is 0. The van der Waals surface area contributed by atoms with Gasteiger partial charge in [-0.2, -0.15) is 0 Å². The second-order valence-corrected chi connectivity index (χ2v) is 7.01. The van der Waals surface area contributed by atoms with Gasteiger partial charge in [0.05, 0.1) is 13.1 Å². The number of ether oxygens (including phenoxy) is 1. The lowest BCUT2D eigenvalue weighted by atomic mass is 9.82. The molecule has 1 fully saturated rings. The van der Waals surface area contributed by atoms with E-state index in [2.05, 4.69) is 0 Å². The van der Waals surface area contributed by atoms with Crippen LogP contribution in [0.5, 0.6) is 0 Å². The molecule has 1 aliphatic carbocycles. The van der Waals surface area contributed by atoms with Gasteiger partial charge in [-0.25, -0.2) is 4.79 Å². The highest BCUT2D eigenvalue weighted by Crippen LogP contribution is 2.43. The van der Waals surface area contributed by atoms with Gasteiger partial charge in [-0.3, -0.25) is 4.90 Å². The Balaban J connectivity index is 1.76. The first-order chi connectivity index (χ1) is 9.89. The lowest BCUT2D eigenvalue weighted by molar-refractivity contribution is 0.0232. The second-order valence-electron chi connectivity index (χ2n) is 7.01. The maximum absolute atomic E-state index is 12.1. The zero-order chi connectivity index (χ0) is 15.2. The van der Waals surface area contributed by atoms with Crippen LogP contribution in [0.15, 0.2) is 4.42 Å². The molecule has 1 aromatic rings. The van der Waals surface area contributed by atoms with Crippen molar-refractivity contribution in [3.8, 4) is 0 Å². The molecule has 0 spiro atoms. The highest BCUT2D eigenvalue weighted by molar-refractivity contribution is 5.69. The quantitative estimate of drug-likeness (QED) is 0.908. The monoisotopic (exact) mass is 292 g/mol. The van der Waals surface area contributed by atoms with Crippen molar-refractivity contribution in [2.24, 2.45) is 5.73 Å². The molecule has 2 heterocycles. The van der Waals surface area contributed by atoms with Crippen LogP contribution in [0, 0.1) is 0 Å². The normalized spacial score (nSPS) is 18.6. The molecule has 2 aliphatic rings. The Kier molecular flexibility index (Phi) is 3.48. The van der Waals surface area contributed by atoms with Crippen molar-refractivity contribution in [3.05, 3.63) is 22.6 Å². The number of carbonyl (C=O) groups is 1. The summed E-state index contributed by atoms with van der Waals surface area (Å²) in [5.74, 6) is 2.49. The van der Waals surface area contributed by atoms with Gasteiger partial charge >= 0.3 is 6.09 Å². The molecule has 3 rings (SSSR count). The number of furan rings is 1. The zero-order valence-electron chi connectivity index (χ0n) is 13.1. The molecule has 0 saturated heterocycles. The van der Waals surface area contributed by atoms with Crippen LogP contribution in [0.3, 0.4) is 0 Å². The smallest absolute Gasteiger partial charge is 0.411 e. The second kappa shape index (κ2) is 5.05. The third kappa shape index (κ3) is 2.67. The topological polar surface area (TPSA) is 68.7 Å². The fraction of sp³-hybridized carbons (Fsp3) is 0.688. The zero-order valence-corrected chi connectivity index (χ0v) is 13.1. The Morgan fingerprint density at radius 3 is 2.62 bits per heavy atom. The fourth-order valence-electron chi connectivity index (χ4n) is 2.98. The van der Waals surface area contributed by atoms with E-state index in [0.717, 1.165) is 22.6 Å². The molecular formula is C16H24N2O3. The summed E-state index contributed by atoms with van der Waals surface area (Å²) in [6.45, 7) is 7.14. The summed E-state index contributed by atoms with van der Waals surface area (Å²) < 4.78 is 11.5. The first-order valence-electron chi connectivity index (χ1n) is 7.70. The highest BCUT2D eigenvalue weighted by Gasteiger charge is 2.36. The van der Waals surface area contributed by atoms with Crippen molar-refractivity contribution < 1.29 is 13.9 Å². The third-order valence-corrected chi connectivity index (χ3v) is 4.25. The van der Waals surface area contributed by atoms with Crippen molar-refractivity contribution >= 4 is 6.09 Å². The molecule has 0 radical (unpaired) electrons. The Morgan fingerprint density at radius 1 is 1.38 bits per heavy atom. The van der Waals surface area contributed by atoms with Crippen molar-refractivity contribution in [1.29, 1.82) is 0 Å². The minimum atomic E-state index is -0.478. The Labute approximate surface area is 125 Å². The van der Waals surface area contributed by atoms with Gasteiger partial charge < -0.3 is 14.9 Å². The van der Waals surface area contributed by atoms with Crippen LogP contribution in [-0.4, -0.2) is 16.6 Å². The summed E-state index contributed by atoms with van der Waals surface area (Å²) in [4.78, 5) is 13.8. The van der Waals surface area contributed by atoms with Crippen molar-refractivity contribution in [1.82, 2.24) is 4.90 Å². The van der Waals surface area contributed by atoms with Gasteiger partial charge in [-0.05, 0) is 33.6 Å². The van der Waals surface area contributed by atoms with Crippen LogP contribution >= 0.6 is 0 Å². The Morgan fingerprint density at radius 2 is 2.10 bits per heavy atom. The maximum atomic E-state index is 12.1. The summed E-state index contributed by atoms with van der Waals surface area (Å²) in [5, 5.41) is 0. The number of carbonyl (C=O) groups excluding carboxylic acids is 1. The van der Waals surface area contributed by atoms with Crippen LogP contribution in [0.25, 0.3) is 0 Å². The van der Waals surface area contributed by atoms with Gasteiger partial charge in [0, 0.05) is 23.6 Å². The summed E-state index contributed by atoms with van der Waals surface area (Å²) in [5.41, 5.74) is 7.65. The first kappa shape index (κ1) is 14.4. The van der Waals surface area contributed by atoms with E-state index in [1.54, 1.807) is 4.90 Å².